The van der Waals surface area contributed by atoms with E-state index in [2.05, 4.69) is 85.9 Å². The zero-order valence-corrected chi connectivity index (χ0v) is 18.3. The first-order chi connectivity index (χ1) is 14.0. The number of hydrogen-bond donors (Lipinski definition) is 2. The van der Waals surface area contributed by atoms with Crippen molar-refractivity contribution >= 4 is 16.7 Å². The first kappa shape index (κ1) is 20.9. The average molecular weight is 392 g/mol. The molecule has 3 aromatic rings. The molecule has 0 aliphatic carbocycles. The molecule has 0 saturated heterocycles. The highest BCUT2D eigenvalue weighted by Gasteiger charge is 2.14. The summed E-state index contributed by atoms with van der Waals surface area (Å²) < 4.78 is 1.96. The van der Waals surface area contributed by atoms with E-state index in [1.54, 1.807) is 0 Å². The molecule has 0 aliphatic heterocycles. The lowest BCUT2D eigenvalue weighted by Gasteiger charge is -2.18. The Morgan fingerprint density at radius 1 is 1.14 bits per heavy atom. The largest absolute Gasteiger partial charge is 0.357 e. The summed E-state index contributed by atoms with van der Waals surface area (Å²) in [5.74, 6) is 0.875. The van der Waals surface area contributed by atoms with Gasteiger partial charge in [-0.2, -0.15) is 5.10 Å². The quantitative estimate of drug-likeness (QED) is 0.474. The molecule has 0 bridgehead atoms. The Hall–Kier alpha value is -2.82. The van der Waals surface area contributed by atoms with Crippen molar-refractivity contribution in [3.63, 3.8) is 0 Å². The Balaban J connectivity index is 1.61. The first-order valence-electron chi connectivity index (χ1n) is 10.5. The van der Waals surface area contributed by atoms with Gasteiger partial charge in [0.1, 0.15) is 0 Å². The van der Waals surface area contributed by atoms with Gasteiger partial charge in [0.2, 0.25) is 0 Å². The number of fused-ring (bicyclic) bond motifs is 1. The summed E-state index contributed by atoms with van der Waals surface area (Å²) in [5, 5.41) is 14.0. The molecule has 3 rings (SSSR count). The maximum absolute atomic E-state index is 4.79. The van der Waals surface area contributed by atoms with Gasteiger partial charge in [0.05, 0.1) is 5.69 Å². The van der Waals surface area contributed by atoms with Crippen molar-refractivity contribution in [1.29, 1.82) is 0 Å². The molecular formula is C24H33N5. The normalized spacial score (nSPS) is 12.9. The number of aromatic nitrogens is 2. The van der Waals surface area contributed by atoms with Crippen LogP contribution in [0.3, 0.4) is 0 Å². The Morgan fingerprint density at radius 3 is 2.59 bits per heavy atom. The highest BCUT2D eigenvalue weighted by Crippen LogP contribution is 2.16. The number of benzene rings is 2. The number of aryl methyl sites for hydroxylation is 2. The van der Waals surface area contributed by atoms with Crippen LogP contribution in [-0.4, -0.2) is 34.9 Å². The summed E-state index contributed by atoms with van der Waals surface area (Å²) in [6, 6.07) is 15.4. The molecule has 2 aromatic carbocycles. The number of rotatable bonds is 7. The lowest BCUT2D eigenvalue weighted by atomic mass is 10.1. The summed E-state index contributed by atoms with van der Waals surface area (Å²) >= 11 is 0. The molecule has 1 atom stereocenters. The molecule has 1 aromatic heterocycles. The van der Waals surface area contributed by atoms with Crippen molar-refractivity contribution in [3.8, 4) is 0 Å². The van der Waals surface area contributed by atoms with E-state index in [0.717, 1.165) is 37.6 Å². The zero-order chi connectivity index (χ0) is 20.8. The van der Waals surface area contributed by atoms with E-state index in [-0.39, 0.29) is 6.04 Å². The van der Waals surface area contributed by atoms with Crippen LogP contribution < -0.4 is 10.6 Å². The fourth-order valence-corrected chi connectivity index (χ4v) is 3.71. The van der Waals surface area contributed by atoms with E-state index in [0.29, 0.717) is 0 Å². The molecule has 0 fully saturated rings. The van der Waals surface area contributed by atoms with Crippen molar-refractivity contribution in [1.82, 2.24) is 20.4 Å². The first-order valence-corrected chi connectivity index (χ1v) is 10.5. The smallest absolute Gasteiger partial charge is 0.191 e. The number of aliphatic imine (C=N–C) groups is 1. The third-order valence-corrected chi connectivity index (χ3v) is 5.38. The van der Waals surface area contributed by atoms with Crippen LogP contribution in [0.2, 0.25) is 0 Å². The number of hydrogen-bond acceptors (Lipinski definition) is 2. The van der Waals surface area contributed by atoms with Crippen molar-refractivity contribution in [2.75, 3.05) is 13.1 Å². The van der Waals surface area contributed by atoms with E-state index in [9.17, 15) is 0 Å². The fourth-order valence-electron chi connectivity index (χ4n) is 3.71. The monoisotopic (exact) mass is 391 g/mol. The van der Waals surface area contributed by atoms with Crippen molar-refractivity contribution < 1.29 is 0 Å². The van der Waals surface area contributed by atoms with Gasteiger partial charge in [-0.25, -0.2) is 0 Å². The molecule has 0 saturated carbocycles. The minimum atomic E-state index is 0.273. The molecule has 0 aliphatic rings. The van der Waals surface area contributed by atoms with Gasteiger partial charge < -0.3 is 10.6 Å². The van der Waals surface area contributed by atoms with Crippen LogP contribution in [0.5, 0.6) is 0 Å². The average Bonchev–Trinajstić information content (AvgIpc) is 2.94. The van der Waals surface area contributed by atoms with Crippen molar-refractivity contribution in [3.05, 3.63) is 65.0 Å². The molecule has 0 spiro atoms. The van der Waals surface area contributed by atoms with Crippen molar-refractivity contribution in [2.45, 2.75) is 46.6 Å². The molecule has 154 valence electrons. The van der Waals surface area contributed by atoms with Crippen LogP contribution >= 0.6 is 0 Å². The summed E-state index contributed by atoms with van der Waals surface area (Å²) in [4.78, 5) is 4.79. The van der Waals surface area contributed by atoms with Crippen LogP contribution in [0.25, 0.3) is 10.8 Å². The number of guanidine groups is 1. The van der Waals surface area contributed by atoms with Gasteiger partial charge in [0.15, 0.2) is 5.96 Å². The molecule has 1 heterocycles. The van der Waals surface area contributed by atoms with Crippen LogP contribution in [0.4, 0.5) is 0 Å². The Labute approximate surface area is 174 Å². The van der Waals surface area contributed by atoms with Gasteiger partial charge >= 0.3 is 0 Å². The van der Waals surface area contributed by atoms with Gasteiger partial charge in [-0.15, -0.1) is 0 Å². The Kier molecular flexibility index (Phi) is 6.91. The topological polar surface area (TPSA) is 54.2 Å². The van der Waals surface area contributed by atoms with Crippen LogP contribution in [0.15, 0.2) is 47.5 Å². The Bertz CT molecular complexity index is 986. The molecule has 29 heavy (non-hydrogen) atoms. The van der Waals surface area contributed by atoms with E-state index >= 15 is 0 Å². The maximum Gasteiger partial charge on any atom is 0.191 e. The lowest BCUT2D eigenvalue weighted by molar-refractivity contribution is 0.636. The predicted octanol–water partition coefficient (Wildman–Crippen LogP) is 3.92. The van der Waals surface area contributed by atoms with E-state index < -0.39 is 0 Å². The third kappa shape index (κ3) is 5.37. The highest BCUT2D eigenvalue weighted by molar-refractivity contribution is 5.83. The summed E-state index contributed by atoms with van der Waals surface area (Å²) in [6.07, 6.45) is 1.86. The van der Waals surface area contributed by atoms with Gasteiger partial charge in [0.25, 0.3) is 0 Å². The second-order valence-electron chi connectivity index (χ2n) is 7.71. The van der Waals surface area contributed by atoms with E-state index in [1.807, 2.05) is 11.7 Å². The molecule has 1 unspecified atom stereocenters. The summed E-state index contributed by atoms with van der Waals surface area (Å²) in [6.45, 7) is 10.1. The van der Waals surface area contributed by atoms with Crippen molar-refractivity contribution in [2.24, 2.45) is 12.0 Å². The molecule has 5 nitrogen and oxygen atoms in total. The van der Waals surface area contributed by atoms with Gasteiger partial charge in [-0.05, 0) is 62.4 Å². The van der Waals surface area contributed by atoms with E-state index in [4.69, 9.17) is 4.99 Å². The van der Waals surface area contributed by atoms with Gasteiger partial charge in [0, 0.05) is 31.9 Å². The van der Waals surface area contributed by atoms with Crippen LogP contribution in [0, 0.1) is 13.8 Å². The molecule has 0 radical (unpaired) electrons. The van der Waals surface area contributed by atoms with Crippen LogP contribution in [0.1, 0.15) is 36.4 Å². The second-order valence-corrected chi connectivity index (χ2v) is 7.71. The van der Waals surface area contributed by atoms with Gasteiger partial charge in [-0.3, -0.25) is 9.67 Å². The molecule has 0 amide bonds. The minimum Gasteiger partial charge on any atom is -0.357 e. The Morgan fingerprint density at radius 2 is 1.90 bits per heavy atom. The van der Waals surface area contributed by atoms with Crippen LogP contribution in [-0.2, 0) is 19.9 Å². The zero-order valence-electron chi connectivity index (χ0n) is 18.3. The van der Waals surface area contributed by atoms with E-state index in [1.165, 1.54) is 27.6 Å². The van der Waals surface area contributed by atoms with Gasteiger partial charge in [-0.1, -0.05) is 42.5 Å². The lowest BCUT2D eigenvalue weighted by Crippen LogP contribution is -2.43. The standard InChI is InChI=1S/C24H33N5/c1-6-25-24(27-17(2)15-23-18(3)28-29(5)19(23)4)26-14-13-20-11-12-21-9-7-8-10-22(21)16-20/h7-12,16-17H,6,13-15H2,1-5H3,(H2,25,26,27). The summed E-state index contributed by atoms with van der Waals surface area (Å²) in [7, 11) is 2.00. The molecular weight excluding hydrogens is 358 g/mol. The number of nitrogens with zero attached hydrogens (tertiary/aromatic N) is 3. The fraction of sp³-hybridized carbons (Fsp3) is 0.417. The minimum absolute atomic E-state index is 0.273. The second kappa shape index (κ2) is 9.59. The third-order valence-electron chi connectivity index (χ3n) is 5.38. The summed E-state index contributed by atoms with van der Waals surface area (Å²) in [5.41, 5.74) is 4.98. The maximum atomic E-state index is 4.79. The molecule has 5 heteroatoms. The predicted molar refractivity (Wildman–Crippen MR) is 123 cm³/mol. The highest BCUT2D eigenvalue weighted by atomic mass is 15.3. The molecule has 2 N–H and O–H groups in total. The number of nitrogens with one attached hydrogen (secondary N) is 2. The SMILES string of the molecule is CCNC(=NCCc1ccc2ccccc2c1)NC(C)Cc1c(C)nn(C)c1C.